The first-order chi connectivity index (χ1) is 10.4. The number of carbonyl (C=O) groups excluding carboxylic acids is 1. The molecule has 0 unspecified atom stereocenters. The Balaban J connectivity index is 2.11. The summed E-state index contributed by atoms with van der Waals surface area (Å²) in [5, 5.41) is 2.55. The molecule has 0 spiro atoms. The zero-order chi connectivity index (χ0) is 16.2. The molecule has 4 N–H and O–H groups in total. The van der Waals surface area contributed by atoms with Gasteiger partial charge in [-0.1, -0.05) is 11.6 Å². The van der Waals surface area contributed by atoms with E-state index in [2.05, 4.69) is 15.0 Å². The van der Waals surface area contributed by atoms with Gasteiger partial charge >= 0.3 is 6.03 Å². The van der Waals surface area contributed by atoms with Gasteiger partial charge in [-0.25, -0.2) is 17.9 Å². The van der Waals surface area contributed by atoms with Crippen LogP contribution in [0.4, 0.5) is 10.5 Å². The molecule has 2 rings (SSSR count). The minimum absolute atomic E-state index is 0.00783. The van der Waals surface area contributed by atoms with E-state index in [1.807, 2.05) is 0 Å². The number of urea groups is 1. The Kier molecular flexibility index (Phi) is 5.53. The molecule has 2 heterocycles. The van der Waals surface area contributed by atoms with Crippen molar-refractivity contribution in [2.24, 2.45) is 10.7 Å². The number of hydrogen-bond donors (Lipinski definition) is 3. The van der Waals surface area contributed by atoms with Gasteiger partial charge in [-0.05, 0) is 12.1 Å². The van der Waals surface area contributed by atoms with E-state index in [1.54, 1.807) is 18.5 Å². The van der Waals surface area contributed by atoms with Crippen molar-refractivity contribution in [3.8, 4) is 0 Å². The van der Waals surface area contributed by atoms with Crippen LogP contribution < -0.4 is 15.8 Å². The molecule has 0 bridgehead atoms. The number of rotatable bonds is 5. The molecule has 0 saturated carbocycles. The number of hydrogen-bond acceptors (Lipinski definition) is 6. The van der Waals surface area contributed by atoms with Crippen LogP contribution in [0.1, 0.15) is 0 Å². The van der Waals surface area contributed by atoms with Gasteiger partial charge in [0, 0.05) is 25.5 Å². The van der Waals surface area contributed by atoms with Crippen molar-refractivity contribution < 1.29 is 13.2 Å². The third kappa shape index (κ3) is 4.05. The van der Waals surface area contributed by atoms with Gasteiger partial charge in [0.15, 0.2) is 0 Å². The molecule has 0 atom stereocenters. The third-order valence-corrected chi connectivity index (χ3v) is 5.85. The van der Waals surface area contributed by atoms with E-state index < -0.39 is 16.1 Å². The quantitative estimate of drug-likeness (QED) is 0.724. The highest BCUT2D eigenvalue weighted by Gasteiger charge is 2.21. The van der Waals surface area contributed by atoms with Gasteiger partial charge in [0.25, 0.3) is 0 Å². The number of thiophene rings is 1. The topological polar surface area (TPSA) is 117 Å². The SMILES string of the molecule is NCCNS(=O)(=O)c1cc(NC(=O)N2C=CC=NC2)c(Cl)s1. The van der Waals surface area contributed by atoms with E-state index in [0.717, 1.165) is 11.3 Å². The molecule has 1 aliphatic heterocycles. The second-order valence-corrected chi connectivity index (χ2v) is 7.80. The van der Waals surface area contributed by atoms with E-state index in [0.29, 0.717) is 0 Å². The zero-order valence-electron chi connectivity index (χ0n) is 11.3. The van der Waals surface area contributed by atoms with Gasteiger partial charge in [-0.2, -0.15) is 0 Å². The maximum atomic E-state index is 12.0. The molecule has 8 nitrogen and oxygen atoms in total. The maximum Gasteiger partial charge on any atom is 0.327 e. The Hall–Kier alpha value is -1.46. The minimum atomic E-state index is -3.68. The number of anilines is 1. The monoisotopic (exact) mass is 363 g/mol. The lowest BCUT2D eigenvalue weighted by Crippen LogP contribution is -2.31. The first-order valence-corrected chi connectivity index (χ1v) is 8.85. The summed E-state index contributed by atoms with van der Waals surface area (Å²) in [4.78, 5) is 17.3. The van der Waals surface area contributed by atoms with Crippen molar-refractivity contribution in [3.63, 3.8) is 0 Å². The van der Waals surface area contributed by atoms with Gasteiger partial charge in [0.2, 0.25) is 10.0 Å². The summed E-state index contributed by atoms with van der Waals surface area (Å²) < 4.78 is 26.5. The standard InChI is InChI=1S/C11H14ClN5O3S2/c12-10-8(16-11(18)17-5-1-3-14-7-17)6-9(21-10)22(19,20)15-4-2-13/h1,3,5-6,15H,2,4,7,13H2,(H,16,18). The lowest BCUT2D eigenvalue weighted by molar-refractivity contribution is 0.229. The second-order valence-electron chi connectivity index (χ2n) is 4.15. The first kappa shape index (κ1) is 16.9. The second kappa shape index (κ2) is 7.20. The summed E-state index contributed by atoms with van der Waals surface area (Å²) in [6.07, 6.45) is 4.75. The molecule has 0 aliphatic carbocycles. The van der Waals surface area contributed by atoms with Crippen LogP contribution in [-0.2, 0) is 10.0 Å². The largest absolute Gasteiger partial charge is 0.329 e. The van der Waals surface area contributed by atoms with E-state index in [-0.39, 0.29) is 34.0 Å². The molecule has 1 aromatic heterocycles. The minimum Gasteiger partial charge on any atom is -0.329 e. The Morgan fingerprint density at radius 2 is 2.32 bits per heavy atom. The first-order valence-electron chi connectivity index (χ1n) is 6.17. The van der Waals surface area contributed by atoms with Crippen LogP contribution >= 0.6 is 22.9 Å². The van der Waals surface area contributed by atoms with Crippen LogP contribution in [0.2, 0.25) is 4.34 Å². The predicted molar refractivity (Wildman–Crippen MR) is 86.9 cm³/mol. The number of carbonyl (C=O) groups is 1. The van der Waals surface area contributed by atoms with Gasteiger partial charge in [-0.15, -0.1) is 11.3 Å². The molecular weight excluding hydrogens is 350 g/mol. The summed E-state index contributed by atoms with van der Waals surface area (Å²) in [6.45, 7) is 0.493. The number of aliphatic imine (C=N–C) groups is 1. The molecule has 11 heteroatoms. The molecular formula is C11H14ClN5O3S2. The van der Waals surface area contributed by atoms with Crippen LogP contribution in [0, 0.1) is 0 Å². The highest BCUT2D eigenvalue weighted by atomic mass is 35.5. The fourth-order valence-electron chi connectivity index (χ4n) is 1.53. The Bertz CT molecular complexity index is 713. The van der Waals surface area contributed by atoms with Crippen LogP contribution in [-0.4, -0.2) is 45.3 Å². The van der Waals surface area contributed by atoms with Crippen LogP contribution in [0.25, 0.3) is 0 Å². The van der Waals surface area contributed by atoms with Crippen LogP contribution in [0.5, 0.6) is 0 Å². The molecule has 1 aliphatic rings. The molecule has 0 fully saturated rings. The van der Waals surface area contributed by atoms with Gasteiger partial charge in [-0.3, -0.25) is 9.89 Å². The molecule has 0 saturated heterocycles. The average molecular weight is 364 g/mol. The number of nitrogens with two attached hydrogens (primary N) is 1. The average Bonchev–Trinajstić information content (AvgIpc) is 2.88. The Labute approximate surface area is 136 Å². The summed E-state index contributed by atoms with van der Waals surface area (Å²) in [7, 11) is -3.68. The highest BCUT2D eigenvalue weighted by Crippen LogP contribution is 2.34. The maximum absolute atomic E-state index is 12.0. The Morgan fingerprint density at radius 3 is 2.95 bits per heavy atom. The molecule has 2 amide bonds. The fraction of sp³-hybridized carbons (Fsp3) is 0.273. The molecule has 1 aromatic rings. The van der Waals surface area contributed by atoms with Crippen molar-refractivity contribution in [1.82, 2.24) is 9.62 Å². The lowest BCUT2D eigenvalue weighted by atomic mass is 10.5. The highest BCUT2D eigenvalue weighted by molar-refractivity contribution is 7.91. The number of nitrogens with one attached hydrogen (secondary N) is 2. The van der Waals surface area contributed by atoms with Crippen LogP contribution in [0.3, 0.4) is 0 Å². The smallest absolute Gasteiger partial charge is 0.327 e. The zero-order valence-corrected chi connectivity index (χ0v) is 13.7. The summed E-state index contributed by atoms with van der Waals surface area (Å²) in [5.74, 6) is 0. The number of halogens is 1. The molecule has 120 valence electrons. The summed E-state index contributed by atoms with van der Waals surface area (Å²) in [5.41, 5.74) is 5.50. The van der Waals surface area contributed by atoms with Crippen molar-refractivity contribution in [2.45, 2.75) is 4.21 Å². The molecule has 0 radical (unpaired) electrons. The van der Waals surface area contributed by atoms with Crippen LogP contribution in [0.15, 0.2) is 27.5 Å². The summed E-state index contributed by atoms with van der Waals surface area (Å²) in [6, 6.07) is 0.854. The fourth-order valence-corrected chi connectivity index (χ4v) is 4.26. The summed E-state index contributed by atoms with van der Waals surface area (Å²) >= 11 is 6.84. The van der Waals surface area contributed by atoms with E-state index in [1.165, 1.54) is 11.0 Å². The van der Waals surface area contributed by atoms with Crippen molar-refractivity contribution in [1.29, 1.82) is 0 Å². The number of nitrogens with zero attached hydrogens (tertiary/aromatic N) is 2. The lowest BCUT2D eigenvalue weighted by Gasteiger charge is -2.17. The van der Waals surface area contributed by atoms with Gasteiger partial charge in [0.05, 0.1) is 5.69 Å². The molecule has 0 aromatic carbocycles. The predicted octanol–water partition coefficient (Wildman–Crippen LogP) is 1.03. The number of amides is 2. The number of allylic oxidation sites excluding steroid dienone is 1. The van der Waals surface area contributed by atoms with Crippen molar-refractivity contribution >= 4 is 50.9 Å². The normalized spacial score (nSPS) is 14.4. The van der Waals surface area contributed by atoms with Crippen molar-refractivity contribution in [2.75, 3.05) is 25.1 Å². The Morgan fingerprint density at radius 1 is 1.55 bits per heavy atom. The van der Waals surface area contributed by atoms with Crippen molar-refractivity contribution in [3.05, 3.63) is 22.7 Å². The van der Waals surface area contributed by atoms with Gasteiger partial charge in [0.1, 0.15) is 15.2 Å². The van der Waals surface area contributed by atoms with E-state index >= 15 is 0 Å². The van der Waals surface area contributed by atoms with Gasteiger partial charge < -0.3 is 11.1 Å². The van der Waals surface area contributed by atoms with E-state index in [9.17, 15) is 13.2 Å². The molecule has 22 heavy (non-hydrogen) atoms. The number of sulfonamides is 1. The third-order valence-electron chi connectivity index (χ3n) is 2.56. The van der Waals surface area contributed by atoms with E-state index in [4.69, 9.17) is 17.3 Å².